The summed E-state index contributed by atoms with van der Waals surface area (Å²) in [5, 5.41) is 9.66. The number of hydrogen-bond acceptors (Lipinski definition) is 4. The summed E-state index contributed by atoms with van der Waals surface area (Å²) >= 11 is 0. The Morgan fingerprint density at radius 3 is 2.22 bits per heavy atom. The zero-order chi connectivity index (χ0) is 18.4. The Labute approximate surface area is 159 Å². The first-order chi connectivity index (χ1) is 13.2. The van der Waals surface area contributed by atoms with E-state index in [1.807, 2.05) is 12.1 Å². The summed E-state index contributed by atoms with van der Waals surface area (Å²) in [6.45, 7) is 3.41. The Morgan fingerprint density at radius 2 is 1.63 bits per heavy atom. The molecule has 140 valence electrons. The number of aliphatic hydroxyl groups is 1. The third-order valence-corrected chi connectivity index (χ3v) is 6.17. The topological polar surface area (TPSA) is 53.0 Å². The highest BCUT2D eigenvalue weighted by molar-refractivity contribution is 5.79. The van der Waals surface area contributed by atoms with E-state index in [2.05, 4.69) is 41.3 Å². The van der Waals surface area contributed by atoms with Gasteiger partial charge in [-0.2, -0.15) is 0 Å². The van der Waals surface area contributed by atoms with E-state index >= 15 is 0 Å². The first kappa shape index (κ1) is 16.8. The minimum atomic E-state index is -0.229. The third kappa shape index (κ3) is 2.91. The number of amides is 1. The Bertz CT molecular complexity index is 817. The molecule has 0 aromatic heterocycles. The molecule has 1 atom stereocenters. The maximum atomic E-state index is 12.5. The highest BCUT2D eigenvalue weighted by Crippen LogP contribution is 2.44. The van der Waals surface area contributed by atoms with Crippen LogP contribution < -0.4 is 0 Å². The Hall–Kier alpha value is -2.37. The van der Waals surface area contributed by atoms with Crippen molar-refractivity contribution in [1.82, 2.24) is 9.80 Å². The highest BCUT2D eigenvalue weighted by Gasteiger charge is 2.39. The van der Waals surface area contributed by atoms with E-state index in [0.717, 1.165) is 19.5 Å². The lowest BCUT2D eigenvalue weighted by Gasteiger charge is -2.43. The van der Waals surface area contributed by atoms with Gasteiger partial charge in [0.05, 0.1) is 6.10 Å². The average molecular weight is 364 g/mol. The van der Waals surface area contributed by atoms with Crippen LogP contribution in [0.4, 0.5) is 4.79 Å². The fraction of sp³-hybridized carbons (Fsp3) is 0.409. The molecule has 2 heterocycles. The van der Waals surface area contributed by atoms with Gasteiger partial charge in [-0.05, 0) is 28.7 Å². The van der Waals surface area contributed by atoms with Crippen LogP contribution in [0.25, 0.3) is 11.1 Å². The number of carbonyl (C=O) groups is 1. The lowest BCUT2D eigenvalue weighted by atomic mass is 9.98. The van der Waals surface area contributed by atoms with Gasteiger partial charge in [0.1, 0.15) is 6.61 Å². The fourth-order valence-corrected chi connectivity index (χ4v) is 4.62. The van der Waals surface area contributed by atoms with Gasteiger partial charge in [-0.25, -0.2) is 4.79 Å². The van der Waals surface area contributed by atoms with E-state index in [9.17, 15) is 9.90 Å². The van der Waals surface area contributed by atoms with Gasteiger partial charge in [-0.1, -0.05) is 48.5 Å². The van der Waals surface area contributed by atoms with Crippen LogP contribution >= 0.6 is 0 Å². The number of ether oxygens (including phenoxy) is 1. The van der Waals surface area contributed by atoms with Crippen molar-refractivity contribution >= 4 is 6.09 Å². The Balaban J connectivity index is 1.22. The molecule has 5 nitrogen and oxygen atoms in total. The van der Waals surface area contributed by atoms with Crippen molar-refractivity contribution in [3.63, 3.8) is 0 Å². The molecule has 1 aliphatic carbocycles. The van der Waals surface area contributed by atoms with E-state index in [4.69, 9.17) is 4.74 Å². The van der Waals surface area contributed by atoms with E-state index in [0.29, 0.717) is 25.7 Å². The van der Waals surface area contributed by atoms with Crippen LogP contribution in [-0.4, -0.2) is 65.9 Å². The minimum Gasteiger partial charge on any atom is -0.448 e. The second-order valence-electron chi connectivity index (χ2n) is 7.80. The molecule has 5 heteroatoms. The smallest absolute Gasteiger partial charge is 0.409 e. The monoisotopic (exact) mass is 364 g/mol. The van der Waals surface area contributed by atoms with Gasteiger partial charge in [0.25, 0.3) is 0 Å². The summed E-state index contributed by atoms with van der Waals surface area (Å²) in [5.41, 5.74) is 4.95. The van der Waals surface area contributed by atoms with Crippen LogP contribution in [0.2, 0.25) is 0 Å². The Kier molecular flexibility index (Phi) is 4.14. The van der Waals surface area contributed by atoms with Crippen molar-refractivity contribution in [2.45, 2.75) is 24.5 Å². The number of carbonyl (C=O) groups excluding carboxylic acids is 1. The molecular weight excluding hydrogens is 340 g/mol. The van der Waals surface area contributed by atoms with E-state index in [1.165, 1.54) is 22.3 Å². The number of rotatable bonds is 3. The van der Waals surface area contributed by atoms with Crippen molar-refractivity contribution in [1.29, 1.82) is 0 Å². The lowest BCUT2D eigenvalue weighted by molar-refractivity contribution is 0.0248. The van der Waals surface area contributed by atoms with E-state index in [1.54, 1.807) is 4.90 Å². The van der Waals surface area contributed by atoms with Crippen molar-refractivity contribution in [3.05, 3.63) is 59.7 Å². The maximum absolute atomic E-state index is 12.5. The summed E-state index contributed by atoms with van der Waals surface area (Å²) in [6, 6.07) is 17.1. The molecule has 2 saturated heterocycles. The van der Waals surface area contributed by atoms with Crippen LogP contribution in [0.3, 0.4) is 0 Å². The van der Waals surface area contributed by atoms with Gasteiger partial charge in [0.15, 0.2) is 0 Å². The molecule has 0 radical (unpaired) electrons. The first-order valence-corrected chi connectivity index (χ1v) is 9.73. The van der Waals surface area contributed by atoms with Crippen molar-refractivity contribution < 1.29 is 14.6 Å². The summed E-state index contributed by atoms with van der Waals surface area (Å²) in [6.07, 6.45) is 0.392. The Morgan fingerprint density at radius 1 is 1.00 bits per heavy atom. The predicted octanol–water partition coefficient (Wildman–Crippen LogP) is 2.69. The molecule has 3 aliphatic rings. The summed E-state index contributed by atoms with van der Waals surface area (Å²) in [5.74, 6) is 0.104. The zero-order valence-corrected chi connectivity index (χ0v) is 15.3. The van der Waals surface area contributed by atoms with E-state index < -0.39 is 0 Å². The summed E-state index contributed by atoms with van der Waals surface area (Å²) in [7, 11) is 0. The molecule has 1 amide bonds. The quantitative estimate of drug-likeness (QED) is 0.910. The molecule has 0 bridgehead atoms. The second kappa shape index (κ2) is 6.66. The van der Waals surface area contributed by atoms with Crippen molar-refractivity contribution in [2.24, 2.45) is 0 Å². The van der Waals surface area contributed by atoms with Crippen LogP contribution in [-0.2, 0) is 4.74 Å². The number of fused-ring (bicyclic) bond motifs is 3. The largest absolute Gasteiger partial charge is 0.448 e. The number of likely N-dealkylation sites (tertiary alicyclic amines) is 2. The zero-order valence-electron chi connectivity index (χ0n) is 15.3. The van der Waals surface area contributed by atoms with Gasteiger partial charge in [0.2, 0.25) is 0 Å². The lowest BCUT2D eigenvalue weighted by Crippen LogP contribution is -2.60. The van der Waals surface area contributed by atoms with Gasteiger partial charge in [0, 0.05) is 38.1 Å². The molecule has 0 saturated carbocycles. The van der Waals surface area contributed by atoms with Gasteiger partial charge < -0.3 is 14.7 Å². The van der Waals surface area contributed by atoms with Gasteiger partial charge >= 0.3 is 6.09 Å². The van der Waals surface area contributed by atoms with Crippen LogP contribution in [0.5, 0.6) is 0 Å². The fourth-order valence-electron chi connectivity index (χ4n) is 4.62. The van der Waals surface area contributed by atoms with Crippen LogP contribution in [0.15, 0.2) is 48.5 Å². The molecule has 1 N–H and O–H groups in total. The number of nitrogens with zero attached hydrogens (tertiary/aromatic N) is 2. The molecule has 2 aliphatic heterocycles. The number of hydrogen-bond donors (Lipinski definition) is 1. The van der Waals surface area contributed by atoms with Gasteiger partial charge in [-0.15, -0.1) is 0 Å². The SMILES string of the molecule is O=C(OCC1c2ccccc2-c2ccccc21)N1CC(N2CCC(O)C2)C1. The predicted molar refractivity (Wildman–Crippen MR) is 103 cm³/mol. The van der Waals surface area contributed by atoms with Crippen molar-refractivity contribution in [3.8, 4) is 11.1 Å². The minimum absolute atomic E-state index is 0.104. The molecule has 0 spiro atoms. The molecule has 2 aromatic carbocycles. The first-order valence-electron chi connectivity index (χ1n) is 9.73. The standard InChI is InChI=1S/C22H24N2O3/c25-16-9-10-23(13-16)15-11-24(12-15)22(26)27-14-21-19-7-3-1-5-17(19)18-6-2-4-8-20(18)21/h1-8,15-16,21,25H,9-14H2. The summed E-state index contributed by atoms with van der Waals surface area (Å²) < 4.78 is 5.69. The maximum Gasteiger partial charge on any atom is 0.409 e. The normalized spacial score (nSPS) is 22.4. The summed E-state index contributed by atoms with van der Waals surface area (Å²) in [4.78, 5) is 16.5. The number of benzene rings is 2. The average Bonchev–Trinajstić information content (AvgIpc) is 3.20. The number of β-amino-alcohol motifs (C(OH)–C–C–N with tert-alkyl or cyclic N) is 1. The van der Waals surface area contributed by atoms with E-state index in [-0.39, 0.29) is 18.1 Å². The third-order valence-electron chi connectivity index (χ3n) is 6.17. The van der Waals surface area contributed by atoms with Crippen LogP contribution in [0, 0.1) is 0 Å². The van der Waals surface area contributed by atoms with Crippen LogP contribution in [0.1, 0.15) is 23.5 Å². The molecule has 2 aromatic rings. The molecular formula is C22H24N2O3. The van der Waals surface area contributed by atoms with Crippen molar-refractivity contribution in [2.75, 3.05) is 32.8 Å². The molecule has 2 fully saturated rings. The highest BCUT2D eigenvalue weighted by atomic mass is 16.6. The molecule has 5 rings (SSSR count). The molecule has 27 heavy (non-hydrogen) atoms. The van der Waals surface area contributed by atoms with Gasteiger partial charge in [-0.3, -0.25) is 4.90 Å². The molecule has 1 unspecified atom stereocenters. The second-order valence-corrected chi connectivity index (χ2v) is 7.80. The number of aliphatic hydroxyl groups excluding tert-OH is 1.